The van der Waals surface area contributed by atoms with Gasteiger partial charge in [-0.2, -0.15) is 5.26 Å². The van der Waals surface area contributed by atoms with Gasteiger partial charge in [-0.1, -0.05) is 37.6 Å². The van der Waals surface area contributed by atoms with Crippen LogP contribution >= 0.6 is 11.6 Å². The first-order chi connectivity index (χ1) is 14.9. The SMILES string of the molecule is C=N/C(C#N)=C\C=C(/C)N1CCCCC1.CC.CNC(=O)NCc1ccc(Cl)c(C)c1. The summed E-state index contributed by atoms with van der Waals surface area (Å²) in [4.78, 5) is 16.8. The Bertz CT molecular complexity index is 790. The van der Waals surface area contributed by atoms with Gasteiger partial charge in [-0.3, -0.25) is 4.99 Å². The lowest BCUT2D eigenvalue weighted by Gasteiger charge is -2.29. The van der Waals surface area contributed by atoms with E-state index >= 15 is 0 Å². The third-order valence-corrected chi connectivity index (χ3v) is 4.95. The fourth-order valence-electron chi connectivity index (χ4n) is 2.76. The molecule has 0 aliphatic carbocycles. The number of aliphatic imine (C=N–C) groups is 1. The third-order valence-electron chi connectivity index (χ3n) is 4.52. The van der Waals surface area contributed by atoms with Gasteiger partial charge in [0.1, 0.15) is 11.8 Å². The van der Waals surface area contributed by atoms with Crippen molar-refractivity contribution in [2.45, 2.75) is 53.5 Å². The van der Waals surface area contributed by atoms with Crippen molar-refractivity contribution < 1.29 is 4.79 Å². The molecule has 1 aromatic rings. The molecule has 170 valence electrons. The Hall–Kier alpha value is -2.78. The van der Waals surface area contributed by atoms with E-state index in [4.69, 9.17) is 16.9 Å². The highest BCUT2D eigenvalue weighted by molar-refractivity contribution is 6.31. The number of halogens is 1. The Morgan fingerprint density at radius 1 is 1.29 bits per heavy atom. The molecule has 1 aliphatic rings. The predicted molar refractivity (Wildman–Crippen MR) is 131 cm³/mol. The molecule has 0 radical (unpaired) electrons. The largest absolute Gasteiger partial charge is 0.375 e. The molecule has 0 bridgehead atoms. The van der Waals surface area contributed by atoms with Crippen LogP contribution in [0.25, 0.3) is 0 Å². The Kier molecular flexibility index (Phi) is 15.4. The molecular formula is C24H36ClN5O. The van der Waals surface area contributed by atoms with Crippen LogP contribution in [0, 0.1) is 18.3 Å². The number of allylic oxidation sites excluding steroid dienone is 4. The van der Waals surface area contributed by atoms with E-state index in [1.807, 2.05) is 51.1 Å². The average molecular weight is 446 g/mol. The molecule has 6 nitrogen and oxygen atoms in total. The molecule has 1 fully saturated rings. The number of likely N-dealkylation sites (tertiary alicyclic amines) is 1. The zero-order valence-corrected chi connectivity index (χ0v) is 20.2. The van der Waals surface area contributed by atoms with Crippen molar-refractivity contribution in [2.24, 2.45) is 4.99 Å². The predicted octanol–water partition coefficient (Wildman–Crippen LogP) is 5.59. The summed E-state index contributed by atoms with van der Waals surface area (Å²) in [7, 11) is 1.59. The summed E-state index contributed by atoms with van der Waals surface area (Å²) < 4.78 is 0. The summed E-state index contributed by atoms with van der Waals surface area (Å²) in [6.07, 6.45) is 7.52. The molecule has 0 spiro atoms. The molecule has 2 rings (SSSR count). The number of amides is 2. The standard InChI is InChI=1S/C12H17N3.C10H13ClN2O.C2H6/c1-11(6-7-12(10-13)14-2)15-8-4-3-5-9-15;1-7-5-8(3-4-9(7)11)6-13-10(14)12-2;1-2/h6-7H,2-5,8-9H2,1H3;3-5H,6H2,1-2H3,(H2,12,13,14);1-2H3/b11-6+,12-7-;;. The van der Waals surface area contributed by atoms with Crippen molar-refractivity contribution in [2.75, 3.05) is 20.1 Å². The number of carbonyl (C=O) groups excluding carboxylic acids is 1. The van der Waals surface area contributed by atoms with Crippen molar-refractivity contribution in [3.8, 4) is 6.07 Å². The van der Waals surface area contributed by atoms with E-state index in [-0.39, 0.29) is 6.03 Å². The number of nitrogens with zero attached hydrogens (tertiary/aromatic N) is 3. The van der Waals surface area contributed by atoms with Crippen LogP contribution in [-0.4, -0.2) is 37.8 Å². The van der Waals surface area contributed by atoms with Crippen LogP contribution in [0.5, 0.6) is 0 Å². The highest BCUT2D eigenvalue weighted by atomic mass is 35.5. The first-order valence-electron chi connectivity index (χ1n) is 10.6. The monoisotopic (exact) mass is 445 g/mol. The second-order valence-electron chi connectivity index (χ2n) is 6.69. The summed E-state index contributed by atoms with van der Waals surface area (Å²) in [5.74, 6) is 0. The topological polar surface area (TPSA) is 80.5 Å². The van der Waals surface area contributed by atoms with Gasteiger partial charge in [-0.25, -0.2) is 4.79 Å². The maximum Gasteiger partial charge on any atom is 0.314 e. The van der Waals surface area contributed by atoms with Crippen molar-refractivity contribution in [1.29, 1.82) is 5.26 Å². The van der Waals surface area contributed by atoms with Crippen molar-refractivity contribution in [3.05, 3.63) is 57.9 Å². The molecule has 1 saturated heterocycles. The lowest BCUT2D eigenvalue weighted by molar-refractivity contribution is 0.242. The number of aryl methyl sites for hydroxylation is 1. The summed E-state index contributed by atoms with van der Waals surface area (Å²) >= 11 is 5.87. The van der Waals surface area contributed by atoms with Crippen molar-refractivity contribution in [3.63, 3.8) is 0 Å². The van der Waals surface area contributed by atoms with Crippen LogP contribution in [0.2, 0.25) is 5.02 Å². The van der Waals surface area contributed by atoms with E-state index in [9.17, 15) is 4.79 Å². The Labute approximate surface area is 192 Å². The van der Waals surface area contributed by atoms with Gasteiger partial charge in [0.15, 0.2) is 0 Å². The molecule has 1 aliphatic heterocycles. The van der Waals surface area contributed by atoms with Crippen LogP contribution in [0.4, 0.5) is 4.79 Å². The number of nitriles is 1. The summed E-state index contributed by atoms with van der Waals surface area (Å²) in [5, 5.41) is 14.6. The number of piperidine rings is 1. The fraction of sp³-hybridized carbons (Fsp3) is 0.458. The van der Waals surface area contributed by atoms with Gasteiger partial charge in [0, 0.05) is 37.4 Å². The molecule has 0 unspecified atom stereocenters. The normalized spacial score (nSPS) is 13.5. The number of carbonyl (C=O) groups is 1. The van der Waals surface area contributed by atoms with Gasteiger partial charge < -0.3 is 15.5 Å². The van der Waals surface area contributed by atoms with Crippen LogP contribution < -0.4 is 10.6 Å². The molecule has 0 atom stereocenters. The minimum absolute atomic E-state index is 0.183. The minimum Gasteiger partial charge on any atom is -0.375 e. The van der Waals surface area contributed by atoms with Crippen LogP contribution in [0.3, 0.4) is 0 Å². The highest BCUT2D eigenvalue weighted by Crippen LogP contribution is 2.16. The molecule has 0 aromatic heterocycles. The maximum absolute atomic E-state index is 10.9. The zero-order valence-electron chi connectivity index (χ0n) is 19.5. The van der Waals surface area contributed by atoms with E-state index in [0.29, 0.717) is 12.2 Å². The fourth-order valence-corrected chi connectivity index (χ4v) is 2.88. The van der Waals surface area contributed by atoms with Crippen molar-refractivity contribution in [1.82, 2.24) is 15.5 Å². The van der Waals surface area contributed by atoms with Crippen molar-refractivity contribution >= 4 is 24.3 Å². The molecular weight excluding hydrogens is 410 g/mol. The second-order valence-corrected chi connectivity index (χ2v) is 7.10. The maximum atomic E-state index is 10.9. The van der Waals surface area contributed by atoms with Gasteiger partial charge >= 0.3 is 6.03 Å². The van der Waals surface area contributed by atoms with E-state index in [0.717, 1.165) is 29.2 Å². The second kappa shape index (κ2) is 17.0. The third kappa shape index (κ3) is 11.9. The zero-order chi connectivity index (χ0) is 23.6. The van der Waals surface area contributed by atoms with Crippen LogP contribution in [0.1, 0.15) is 51.2 Å². The van der Waals surface area contributed by atoms with Gasteiger partial charge in [-0.15, -0.1) is 0 Å². The minimum atomic E-state index is -0.183. The Morgan fingerprint density at radius 2 is 1.94 bits per heavy atom. The number of hydrogen-bond acceptors (Lipinski definition) is 4. The van der Waals surface area contributed by atoms with E-state index in [2.05, 4.69) is 34.2 Å². The Balaban J connectivity index is 0.000000539. The Morgan fingerprint density at radius 3 is 2.45 bits per heavy atom. The molecule has 7 heteroatoms. The average Bonchev–Trinajstić information content (AvgIpc) is 2.82. The number of urea groups is 1. The molecule has 1 aromatic carbocycles. The first-order valence-corrected chi connectivity index (χ1v) is 11.0. The molecule has 2 N–H and O–H groups in total. The molecule has 31 heavy (non-hydrogen) atoms. The van der Waals surface area contributed by atoms with Gasteiger partial charge in [0.25, 0.3) is 0 Å². The molecule has 2 amide bonds. The molecule has 1 heterocycles. The first kappa shape index (κ1) is 28.2. The quantitative estimate of drug-likeness (QED) is 0.352. The lowest BCUT2D eigenvalue weighted by atomic mass is 10.1. The van der Waals surface area contributed by atoms with Crippen LogP contribution in [-0.2, 0) is 6.54 Å². The molecule has 0 saturated carbocycles. The lowest BCUT2D eigenvalue weighted by Crippen LogP contribution is -2.32. The van der Waals surface area contributed by atoms with E-state index in [1.165, 1.54) is 25.0 Å². The highest BCUT2D eigenvalue weighted by Gasteiger charge is 2.09. The number of rotatable bonds is 5. The number of benzene rings is 1. The van der Waals surface area contributed by atoms with Gasteiger partial charge in [-0.05, 0) is 69.2 Å². The summed E-state index contributed by atoms with van der Waals surface area (Å²) in [6.45, 7) is 14.1. The smallest absolute Gasteiger partial charge is 0.314 e. The number of nitrogens with one attached hydrogen (secondary N) is 2. The van der Waals surface area contributed by atoms with Crippen LogP contribution in [0.15, 0.2) is 46.7 Å². The van der Waals surface area contributed by atoms with E-state index < -0.39 is 0 Å². The summed E-state index contributed by atoms with van der Waals surface area (Å²) in [6, 6.07) is 7.48. The van der Waals surface area contributed by atoms with Gasteiger partial charge in [0.2, 0.25) is 0 Å². The summed E-state index contributed by atoms with van der Waals surface area (Å²) in [5.41, 5.74) is 3.62. The van der Waals surface area contributed by atoms with Gasteiger partial charge in [0.05, 0.1) is 0 Å². The number of hydrogen-bond donors (Lipinski definition) is 2. The van der Waals surface area contributed by atoms with E-state index in [1.54, 1.807) is 13.1 Å².